The number of nitrogens with zero attached hydrogens (tertiary/aromatic N) is 4. The highest BCUT2D eigenvalue weighted by atomic mass is 16.2. The summed E-state index contributed by atoms with van der Waals surface area (Å²) in [5.74, 6) is -0.0301. The molecule has 1 aliphatic rings. The summed E-state index contributed by atoms with van der Waals surface area (Å²) in [7, 11) is 1.80. The van der Waals surface area contributed by atoms with Gasteiger partial charge in [0.25, 0.3) is 5.91 Å². The first-order valence-electron chi connectivity index (χ1n) is 10.2. The molecular formula is C23H25N5O2. The summed E-state index contributed by atoms with van der Waals surface area (Å²) in [6, 6.07) is 13.7. The third-order valence-corrected chi connectivity index (χ3v) is 5.36. The van der Waals surface area contributed by atoms with Crippen LogP contribution in [0.1, 0.15) is 40.7 Å². The second kappa shape index (κ2) is 8.49. The average molecular weight is 403 g/mol. The fourth-order valence-corrected chi connectivity index (χ4v) is 3.65. The Morgan fingerprint density at radius 3 is 2.73 bits per heavy atom. The van der Waals surface area contributed by atoms with Gasteiger partial charge in [-0.1, -0.05) is 37.3 Å². The van der Waals surface area contributed by atoms with Gasteiger partial charge in [0.05, 0.1) is 5.69 Å². The van der Waals surface area contributed by atoms with E-state index in [1.807, 2.05) is 54.3 Å². The second-order valence-electron chi connectivity index (χ2n) is 7.46. The molecule has 0 fully saturated rings. The van der Waals surface area contributed by atoms with Crippen molar-refractivity contribution < 1.29 is 9.59 Å². The number of rotatable bonds is 5. The van der Waals surface area contributed by atoms with Crippen molar-refractivity contribution >= 4 is 11.8 Å². The van der Waals surface area contributed by atoms with E-state index in [4.69, 9.17) is 0 Å². The van der Waals surface area contributed by atoms with Crippen molar-refractivity contribution in [3.05, 3.63) is 71.2 Å². The Morgan fingerprint density at radius 2 is 1.97 bits per heavy atom. The number of benzene rings is 1. The van der Waals surface area contributed by atoms with E-state index < -0.39 is 0 Å². The number of nitrogens with one attached hydrogen (secondary N) is 1. The first-order chi connectivity index (χ1) is 14.5. The van der Waals surface area contributed by atoms with Crippen molar-refractivity contribution in [1.82, 2.24) is 25.0 Å². The first kappa shape index (κ1) is 19.8. The molecule has 7 nitrogen and oxygen atoms in total. The lowest BCUT2D eigenvalue weighted by Gasteiger charge is -2.28. The molecule has 0 unspecified atom stereocenters. The van der Waals surface area contributed by atoms with Gasteiger partial charge in [-0.2, -0.15) is 5.10 Å². The summed E-state index contributed by atoms with van der Waals surface area (Å²) in [6.45, 7) is 3.40. The zero-order valence-electron chi connectivity index (χ0n) is 17.3. The van der Waals surface area contributed by atoms with Gasteiger partial charge in [0.1, 0.15) is 5.69 Å². The minimum Gasteiger partial charge on any atom is -0.352 e. The minimum atomic E-state index is -0.0393. The van der Waals surface area contributed by atoms with Gasteiger partial charge < -0.3 is 10.2 Å². The Hall–Kier alpha value is -3.48. The fourth-order valence-electron chi connectivity index (χ4n) is 3.65. The normalized spacial score (nSPS) is 13.1. The summed E-state index contributed by atoms with van der Waals surface area (Å²) in [4.78, 5) is 31.1. The molecule has 0 radical (unpaired) electrons. The molecule has 2 amide bonds. The van der Waals surface area contributed by atoms with Crippen molar-refractivity contribution in [2.75, 3.05) is 6.54 Å². The molecule has 0 saturated carbocycles. The monoisotopic (exact) mass is 403 g/mol. The van der Waals surface area contributed by atoms with Crippen LogP contribution in [0, 0.1) is 0 Å². The van der Waals surface area contributed by atoms with Crippen LogP contribution in [-0.4, -0.2) is 38.0 Å². The Morgan fingerprint density at radius 1 is 1.17 bits per heavy atom. The SMILES string of the molecule is CCC(=O)NCc1cnc2c(c1)CN(C(=O)c1cc(-c3ccccc3)nn1C)CC2. The third-order valence-electron chi connectivity index (χ3n) is 5.36. The Bertz CT molecular complexity index is 1070. The molecule has 1 N–H and O–H groups in total. The van der Waals surface area contributed by atoms with Crippen LogP contribution in [0.3, 0.4) is 0 Å². The maximum absolute atomic E-state index is 13.2. The molecular weight excluding hydrogens is 378 g/mol. The van der Waals surface area contributed by atoms with Gasteiger partial charge in [0.2, 0.25) is 5.91 Å². The van der Waals surface area contributed by atoms with Crippen LogP contribution >= 0.6 is 0 Å². The van der Waals surface area contributed by atoms with Crippen LogP contribution in [0.15, 0.2) is 48.7 Å². The second-order valence-corrected chi connectivity index (χ2v) is 7.46. The smallest absolute Gasteiger partial charge is 0.272 e. The van der Waals surface area contributed by atoms with E-state index in [-0.39, 0.29) is 11.8 Å². The molecule has 0 bridgehead atoms. The molecule has 1 aromatic carbocycles. The van der Waals surface area contributed by atoms with E-state index in [0.29, 0.717) is 38.2 Å². The van der Waals surface area contributed by atoms with E-state index >= 15 is 0 Å². The van der Waals surface area contributed by atoms with Gasteiger partial charge in [-0.15, -0.1) is 0 Å². The third kappa shape index (κ3) is 4.10. The highest BCUT2D eigenvalue weighted by Gasteiger charge is 2.25. The molecule has 0 aliphatic carbocycles. The van der Waals surface area contributed by atoms with E-state index in [9.17, 15) is 9.59 Å². The van der Waals surface area contributed by atoms with E-state index in [0.717, 1.165) is 28.1 Å². The van der Waals surface area contributed by atoms with Crippen molar-refractivity contribution in [3.8, 4) is 11.3 Å². The molecule has 0 spiro atoms. The number of amides is 2. The van der Waals surface area contributed by atoms with Gasteiger partial charge in [-0.3, -0.25) is 19.3 Å². The van der Waals surface area contributed by atoms with Gasteiger partial charge in [0.15, 0.2) is 0 Å². The predicted molar refractivity (Wildman–Crippen MR) is 113 cm³/mol. The summed E-state index contributed by atoms with van der Waals surface area (Å²) >= 11 is 0. The summed E-state index contributed by atoms with van der Waals surface area (Å²) in [6.07, 6.45) is 2.97. The van der Waals surface area contributed by atoms with E-state index in [1.165, 1.54) is 0 Å². The average Bonchev–Trinajstić information content (AvgIpc) is 3.18. The molecule has 4 rings (SSSR count). The van der Waals surface area contributed by atoms with Gasteiger partial charge in [-0.05, 0) is 23.3 Å². The Kier molecular flexibility index (Phi) is 5.61. The molecule has 0 atom stereocenters. The van der Waals surface area contributed by atoms with Crippen LogP contribution in [0.4, 0.5) is 0 Å². The molecule has 0 saturated heterocycles. The van der Waals surface area contributed by atoms with E-state index in [1.54, 1.807) is 17.9 Å². The molecule has 2 aromatic heterocycles. The molecule has 3 heterocycles. The number of carbonyl (C=O) groups is 2. The lowest BCUT2D eigenvalue weighted by atomic mass is 10.0. The standard InChI is InChI=1S/C23H25N5O2/c1-3-22(29)25-14-16-11-18-15-28(10-9-19(18)24-13-16)23(30)21-12-20(26-27(21)2)17-7-5-4-6-8-17/h4-8,11-13H,3,9-10,14-15H2,1-2H3,(H,25,29). The highest BCUT2D eigenvalue weighted by molar-refractivity contribution is 5.93. The van der Waals surface area contributed by atoms with Crippen molar-refractivity contribution in [1.29, 1.82) is 0 Å². The zero-order chi connectivity index (χ0) is 21.1. The number of fused-ring (bicyclic) bond motifs is 1. The van der Waals surface area contributed by atoms with Crippen LogP contribution in [-0.2, 0) is 31.4 Å². The van der Waals surface area contributed by atoms with Crippen molar-refractivity contribution in [2.45, 2.75) is 32.9 Å². The predicted octanol–water partition coefficient (Wildman–Crippen LogP) is 2.71. The van der Waals surface area contributed by atoms with Gasteiger partial charge >= 0.3 is 0 Å². The van der Waals surface area contributed by atoms with Crippen molar-refractivity contribution in [2.24, 2.45) is 7.05 Å². The number of aromatic nitrogens is 3. The minimum absolute atomic E-state index is 0.00922. The lowest BCUT2D eigenvalue weighted by Crippen LogP contribution is -2.37. The molecule has 7 heteroatoms. The number of hydrogen-bond donors (Lipinski definition) is 1. The Balaban J connectivity index is 1.51. The first-order valence-corrected chi connectivity index (χ1v) is 10.2. The fraction of sp³-hybridized carbons (Fsp3) is 0.304. The van der Waals surface area contributed by atoms with Crippen LogP contribution in [0.25, 0.3) is 11.3 Å². The van der Waals surface area contributed by atoms with Gasteiger partial charge in [0, 0.05) is 57.0 Å². The van der Waals surface area contributed by atoms with E-state index in [2.05, 4.69) is 15.4 Å². The van der Waals surface area contributed by atoms with Crippen LogP contribution in [0.2, 0.25) is 0 Å². The molecule has 30 heavy (non-hydrogen) atoms. The molecule has 3 aromatic rings. The number of pyridine rings is 1. The van der Waals surface area contributed by atoms with Gasteiger partial charge in [-0.25, -0.2) is 0 Å². The Labute approximate surface area is 175 Å². The number of carbonyl (C=O) groups excluding carboxylic acids is 2. The molecule has 154 valence electrons. The summed E-state index contributed by atoms with van der Waals surface area (Å²) < 4.78 is 1.65. The summed E-state index contributed by atoms with van der Waals surface area (Å²) in [5.41, 5.74) is 5.32. The topological polar surface area (TPSA) is 80.1 Å². The maximum atomic E-state index is 13.2. The van der Waals surface area contributed by atoms with Crippen LogP contribution in [0.5, 0.6) is 0 Å². The highest BCUT2D eigenvalue weighted by Crippen LogP contribution is 2.23. The molecule has 1 aliphatic heterocycles. The quantitative estimate of drug-likeness (QED) is 0.710. The zero-order valence-corrected chi connectivity index (χ0v) is 17.3. The largest absolute Gasteiger partial charge is 0.352 e. The maximum Gasteiger partial charge on any atom is 0.272 e. The lowest BCUT2D eigenvalue weighted by molar-refractivity contribution is -0.120. The number of hydrogen-bond acceptors (Lipinski definition) is 4. The van der Waals surface area contributed by atoms with Crippen molar-refractivity contribution in [3.63, 3.8) is 0 Å². The van der Waals surface area contributed by atoms with Crippen LogP contribution < -0.4 is 5.32 Å². The number of aryl methyl sites for hydroxylation is 1. The summed E-state index contributed by atoms with van der Waals surface area (Å²) in [5, 5.41) is 7.39.